The first kappa shape index (κ1) is 18.3. The first-order chi connectivity index (χ1) is 13.5. The molecule has 4 rings (SSSR count). The number of nitrogens with zero attached hydrogens (tertiary/aromatic N) is 1. The van der Waals surface area contributed by atoms with Crippen molar-refractivity contribution in [3.63, 3.8) is 0 Å². The van der Waals surface area contributed by atoms with E-state index in [2.05, 4.69) is 0 Å². The van der Waals surface area contributed by atoms with Gasteiger partial charge in [0.1, 0.15) is 17.6 Å². The van der Waals surface area contributed by atoms with Crippen LogP contribution in [-0.4, -0.2) is 34.3 Å². The van der Waals surface area contributed by atoms with Crippen LogP contribution in [-0.2, 0) is 16.0 Å². The van der Waals surface area contributed by atoms with Gasteiger partial charge in [0, 0.05) is 18.5 Å². The summed E-state index contributed by atoms with van der Waals surface area (Å²) in [4.78, 5) is 27.1. The maximum absolute atomic E-state index is 12.8. The second-order valence-corrected chi connectivity index (χ2v) is 7.36. The van der Waals surface area contributed by atoms with E-state index in [0.717, 1.165) is 29.7 Å². The van der Waals surface area contributed by atoms with Gasteiger partial charge in [-0.3, -0.25) is 9.59 Å². The summed E-state index contributed by atoms with van der Waals surface area (Å²) in [5, 5.41) is 11.1. The first-order valence-corrected chi connectivity index (χ1v) is 9.64. The quantitative estimate of drug-likeness (QED) is 0.499. The highest BCUT2D eigenvalue weighted by Gasteiger charge is 2.45. The molecule has 144 valence electrons. The lowest BCUT2D eigenvalue weighted by Crippen LogP contribution is -2.30. The Balaban J connectivity index is 1.84. The van der Waals surface area contributed by atoms with E-state index in [1.54, 1.807) is 11.0 Å². The zero-order valence-electron chi connectivity index (χ0n) is 16.0. The Morgan fingerprint density at radius 3 is 2.64 bits per heavy atom. The molecular formula is C23H23NO4. The number of carbonyl (C=O) groups excluding carboxylic acids is 2. The van der Waals surface area contributed by atoms with Gasteiger partial charge in [0.05, 0.1) is 11.6 Å². The molecule has 2 aromatic carbocycles. The monoisotopic (exact) mass is 377 g/mol. The minimum atomic E-state index is -0.634. The molecule has 1 fully saturated rings. The molecular weight excluding hydrogens is 354 g/mol. The molecule has 0 aliphatic carbocycles. The van der Waals surface area contributed by atoms with Crippen LogP contribution >= 0.6 is 0 Å². The number of carbonyl (C=O) groups is 2. The molecule has 2 aliphatic rings. The summed E-state index contributed by atoms with van der Waals surface area (Å²) in [6.45, 7) is 4.41. The van der Waals surface area contributed by atoms with Gasteiger partial charge in [-0.15, -0.1) is 0 Å². The first-order valence-electron chi connectivity index (χ1n) is 9.64. The van der Waals surface area contributed by atoms with Crippen molar-refractivity contribution in [3.8, 4) is 5.75 Å². The van der Waals surface area contributed by atoms with E-state index in [1.807, 2.05) is 56.3 Å². The topological polar surface area (TPSA) is 66.8 Å². The molecule has 2 unspecified atom stereocenters. The lowest BCUT2D eigenvalue weighted by atomic mass is 9.94. The molecule has 0 aromatic heterocycles. The second kappa shape index (κ2) is 7.15. The van der Waals surface area contributed by atoms with Crippen molar-refractivity contribution < 1.29 is 19.4 Å². The molecule has 0 saturated carbocycles. The summed E-state index contributed by atoms with van der Waals surface area (Å²) in [6, 6.07) is 14.2. The number of ketones is 1. The van der Waals surface area contributed by atoms with E-state index in [1.165, 1.54) is 0 Å². The largest absolute Gasteiger partial charge is 0.507 e. The van der Waals surface area contributed by atoms with Crippen molar-refractivity contribution in [3.05, 3.63) is 70.8 Å². The zero-order chi connectivity index (χ0) is 19.8. The van der Waals surface area contributed by atoms with Gasteiger partial charge < -0.3 is 14.7 Å². The molecule has 0 radical (unpaired) electrons. The van der Waals surface area contributed by atoms with Crippen LogP contribution < -0.4 is 4.74 Å². The third-order valence-corrected chi connectivity index (χ3v) is 5.29. The lowest BCUT2D eigenvalue weighted by Gasteiger charge is -2.24. The van der Waals surface area contributed by atoms with Gasteiger partial charge in [-0.25, -0.2) is 0 Å². The summed E-state index contributed by atoms with van der Waals surface area (Å²) >= 11 is 0. The van der Waals surface area contributed by atoms with Crippen LogP contribution in [0.4, 0.5) is 0 Å². The molecule has 0 bridgehead atoms. The molecule has 0 spiro atoms. The van der Waals surface area contributed by atoms with E-state index in [-0.39, 0.29) is 17.4 Å². The van der Waals surface area contributed by atoms with Gasteiger partial charge in [-0.2, -0.15) is 0 Å². The molecule has 1 amide bonds. The molecule has 5 nitrogen and oxygen atoms in total. The molecule has 2 atom stereocenters. The Bertz CT molecular complexity index is 964. The van der Waals surface area contributed by atoms with Crippen LogP contribution in [0.15, 0.2) is 54.1 Å². The highest BCUT2D eigenvalue weighted by atomic mass is 16.5. The Labute approximate surface area is 164 Å². The third-order valence-electron chi connectivity index (χ3n) is 5.29. The number of Topliss-reactive ketones (excluding diaryl/α,β-unsaturated/α-hetero) is 1. The number of amides is 1. The maximum Gasteiger partial charge on any atom is 0.295 e. The Kier molecular flexibility index (Phi) is 4.67. The number of likely N-dealkylation sites (tertiary alicyclic amines) is 1. The van der Waals surface area contributed by atoms with E-state index < -0.39 is 17.7 Å². The molecule has 2 aliphatic heterocycles. The molecule has 2 aromatic rings. The zero-order valence-corrected chi connectivity index (χ0v) is 16.0. The molecule has 5 heteroatoms. The molecule has 2 heterocycles. The normalized spacial score (nSPS) is 23.0. The summed E-state index contributed by atoms with van der Waals surface area (Å²) < 4.78 is 5.72. The van der Waals surface area contributed by atoms with Crippen molar-refractivity contribution in [1.82, 2.24) is 4.90 Å². The van der Waals surface area contributed by atoms with Crippen LogP contribution in [0.1, 0.15) is 43.0 Å². The average molecular weight is 377 g/mol. The number of rotatable bonds is 4. The smallest absolute Gasteiger partial charge is 0.295 e. The molecule has 28 heavy (non-hydrogen) atoms. The second-order valence-electron chi connectivity index (χ2n) is 7.36. The number of ether oxygens (including phenoxy) is 1. The molecule has 1 N–H and O–H groups in total. The van der Waals surface area contributed by atoms with Crippen molar-refractivity contribution in [2.75, 3.05) is 6.54 Å². The Hall–Kier alpha value is -3.08. The van der Waals surface area contributed by atoms with Gasteiger partial charge in [-0.1, -0.05) is 37.3 Å². The van der Waals surface area contributed by atoms with E-state index in [4.69, 9.17) is 4.74 Å². The maximum atomic E-state index is 12.8. The predicted octanol–water partition coefficient (Wildman–Crippen LogP) is 3.84. The van der Waals surface area contributed by atoms with Gasteiger partial charge in [0.15, 0.2) is 0 Å². The van der Waals surface area contributed by atoms with Crippen LogP contribution in [0.2, 0.25) is 0 Å². The summed E-state index contributed by atoms with van der Waals surface area (Å²) in [7, 11) is 0. The average Bonchev–Trinajstić information content (AvgIpc) is 3.19. The van der Waals surface area contributed by atoms with Crippen molar-refractivity contribution in [1.29, 1.82) is 0 Å². The summed E-state index contributed by atoms with van der Waals surface area (Å²) in [5.74, 6) is -0.524. The minimum Gasteiger partial charge on any atom is -0.507 e. The van der Waals surface area contributed by atoms with Gasteiger partial charge in [0.25, 0.3) is 11.7 Å². The number of aliphatic hydroxyl groups is 1. The predicted molar refractivity (Wildman–Crippen MR) is 106 cm³/mol. The summed E-state index contributed by atoms with van der Waals surface area (Å²) in [5.41, 5.74) is 2.49. The fraction of sp³-hybridized carbons (Fsp3) is 0.304. The molecule has 1 saturated heterocycles. The minimum absolute atomic E-state index is 0.0897. The van der Waals surface area contributed by atoms with Crippen LogP contribution in [0.25, 0.3) is 5.76 Å². The number of aliphatic hydroxyl groups excluding tert-OH is 1. The fourth-order valence-electron chi connectivity index (χ4n) is 4.06. The van der Waals surface area contributed by atoms with Crippen molar-refractivity contribution >= 4 is 17.4 Å². The van der Waals surface area contributed by atoms with Gasteiger partial charge in [0.2, 0.25) is 0 Å². The Morgan fingerprint density at radius 2 is 1.93 bits per heavy atom. The number of hydrogen-bond acceptors (Lipinski definition) is 4. The van der Waals surface area contributed by atoms with Crippen LogP contribution in [0, 0.1) is 0 Å². The highest BCUT2D eigenvalue weighted by molar-refractivity contribution is 6.46. The SMILES string of the molecule is CCCN1C(=O)C(=O)/C(=C(\O)c2ccc3c(c2)CC(C)O3)C1c1ccccc1. The number of benzene rings is 2. The third kappa shape index (κ3) is 2.97. The van der Waals surface area contributed by atoms with Gasteiger partial charge >= 0.3 is 0 Å². The highest BCUT2D eigenvalue weighted by Crippen LogP contribution is 2.40. The van der Waals surface area contributed by atoms with Crippen molar-refractivity contribution in [2.24, 2.45) is 0 Å². The van der Waals surface area contributed by atoms with E-state index in [0.29, 0.717) is 12.1 Å². The number of hydrogen-bond donors (Lipinski definition) is 1. The number of fused-ring (bicyclic) bond motifs is 1. The van der Waals surface area contributed by atoms with Crippen LogP contribution in [0.3, 0.4) is 0 Å². The van der Waals surface area contributed by atoms with Crippen LogP contribution in [0.5, 0.6) is 5.75 Å². The summed E-state index contributed by atoms with van der Waals surface area (Å²) in [6.07, 6.45) is 1.57. The lowest BCUT2D eigenvalue weighted by molar-refractivity contribution is -0.139. The standard InChI is InChI=1S/C23H23NO4/c1-3-11-24-20(15-7-5-4-6-8-15)19(22(26)23(24)27)21(25)16-9-10-18-17(13-16)12-14(2)28-18/h4-10,13-14,20,25H,3,11-12H2,1-2H3/b21-19-. The van der Waals surface area contributed by atoms with E-state index >= 15 is 0 Å². The van der Waals surface area contributed by atoms with E-state index in [9.17, 15) is 14.7 Å². The Morgan fingerprint density at radius 1 is 1.18 bits per heavy atom. The van der Waals surface area contributed by atoms with Crippen molar-refractivity contribution in [2.45, 2.75) is 38.8 Å². The van der Waals surface area contributed by atoms with Gasteiger partial charge in [-0.05, 0) is 42.7 Å². The fourth-order valence-corrected chi connectivity index (χ4v) is 4.06.